The van der Waals surface area contributed by atoms with Crippen LogP contribution in [0.4, 0.5) is 0 Å². The SMILES string of the molecule is Cc1cccc(OCCC(N)c2ccc(C)c(Cl)c2)c1. The van der Waals surface area contributed by atoms with Gasteiger partial charge in [0, 0.05) is 17.5 Å². The molecule has 0 heterocycles. The van der Waals surface area contributed by atoms with Crippen LogP contribution in [0.25, 0.3) is 0 Å². The topological polar surface area (TPSA) is 35.2 Å². The zero-order valence-corrected chi connectivity index (χ0v) is 12.7. The molecule has 2 nitrogen and oxygen atoms in total. The van der Waals surface area contributed by atoms with E-state index in [0.29, 0.717) is 6.61 Å². The van der Waals surface area contributed by atoms with E-state index >= 15 is 0 Å². The third-order valence-electron chi connectivity index (χ3n) is 3.31. The molecule has 0 aromatic heterocycles. The van der Waals surface area contributed by atoms with Crippen molar-refractivity contribution in [2.75, 3.05) is 6.61 Å². The van der Waals surface area contributed by atoms with Crippen LogP contribution >= 0.6 is 11.6 Å². The van der Waals surface area contributed by atoms with E-state index in [0.717, 1.165) is 28.3 Å². The molecule has 2 aromatic rings. The standard InChI is InChI=1S/C17H20ClNO/c1-12-4-3-5-15(10-12)20-9-8-17(19)14-7-6-13(2)16(18)11-14/h3-7,10-11,17H,8-9,19H2,1-2H3. The summed E-state index contributed by atoms with van der Waals surface area (Å²) in [7, 11) is 0. The van der Waals surface area contributed by atoms with Gasteiger partial charge >= 0.3 is 0 Å². The highest BCUT2D eigenvalue weighted by Crippen LogP contribution is 2.22. The zero-order chi connectivity index (χ0) is 14.5. The first-order valence-corrected chi connectivity index (χ1v) is 7.15. The number of ether oxygens (including phenoxy) is 1. The summed E-state index contributed by atoms with van der Waals surface area (Å²) in [5.74, 6) is 0.888. The Labute approximate surface area is 125 Å². The lowest BCUT2D eigenvalue weighted by molar-refractivity contribution is 0.298. The molecule has 1 atom stereocenters. The summed E-state index contributed by atoms with van der Waals surface area (Å²) in [5.41, 5.74) is 9.48. The van der Waals surface area contributed by atoms with Gasteiger partial charge in [-0.25, -0.2) is 0 Å². The Bertz CT molecular complexity index is 583. The molecule has 2 aromatic carbocycles. The van der Waals surface area contributed by atoms with E-state index in [4.69, 9.17) is 22.1 Å². The second kappa shape index (κ2) is 6.78. The number of hydrogen-bond acceptors (Lipinski definition) is 2. The predicted molar refractivity (Wildman–Crippen MR) is 84.4 cm³/mol. The monoisotopic (exact) mass is 289 g/mol. The molecule has 0 bridgehead atoms. The summed E-state index contributed by atoms with van der Waals surface area (Å²) >= 11 is 6.12. The average Bonchev–Trinajstić information content (AvgIpc) is 2.42. The van der Waals surface area contributed by atoms with Crippen LogP contribution < -0.4 is 10.5 Å². The summed E-state index contributed by atoms with van der Waals surface area (Å²) < 4.78 is 5.72. The van der Waals surface area contributed by atoms with Gasteiger partial charge in [0.25, 0.3) is 0 Å². The molecule has 0 saturated carbocycles. The highest BCUT2D eigenvalue weighted by atomic mass is 35.5. The number of rotatable bonds is 5. The van der Waals surface area contributed by atoms with Crippen molar-refractivity contribution in [1.82, 2.24) is 0 Å². The van der Waals surface area contributed by atoms with Gasteiger partial charge in [-0.1, -0.05) is 35.9 Å². The van der Waals surface area contributed by atoms with Crippen LogP contribution in [0.3, 0.4) is 0 Å². The normalized spacial score (nSPS) is 12.2. The summed E-state index contributed by atoms with van der Waals surface area (Å²) in [6, 6.07) is 13.9. The first-order valence-electron chi connectivity index (χ1n) is 6.77. The maximum atomic E-state index is 6.17. The molecule has 2 rings (SSSR count). The lowest BCUT2D eigenvalue weighted by Gasteiger charge is -2.14. The minimum atomic E-state index is -0.0575. The molecule has 0 aliphatic rings. The van der Waals surface area contributed by atoms with Crippen molar-refractivity contribution >= 4 is 11.6 Å². The Kier molecular flexibility index (Phi) is 5.05. The van der Waals surface area contributed by atoms with Gasteiger partial charge in [0.05, 0.1) is 6.61 Å². The van der Waals surface area contributed by atoms with Crippen LogP contribution in [0.15, 0.2) is 42.5 Å². The second-order valence-electron chi connectivity index (χ2n) is 5.07. The first kappa shape index (κ1) is 14.9. The van der Waals surface area contributed by atoms with E-state index in [-0.39, 0.29) is 6.04 Å². The quantitative estimate of drug-likeness (QED) is 0.884. The third-order valence-corrected chi connectivity index (χ3v) is 3.72. The Morgan fingerprint density at radius 3 is 2.65 bits per heavy atom. The van der Waals surface area contributed by atoms with Crippen molar-refractivity contribution in [3.8, 4) is 5.75 Å². The molecule has 0 fully saturated rings. The van der Waals surface area contributed by atoms with Gasteiger partial charge in [0.1, 0.15) is 5.75 Å². The molecule has 3 heteroatoms. The van der Waals surface area contributed by atoms with Gasteiger partial charge in [0.2, 0.25) is 0 Å². The number of aryl methyl sites for hydroxylation is 2. The number of hydrogen-bond donors (Lipinski definition) is 1. The minimum Gasteiger partial charge on any atom is -0.494 e. The largest absolute Gasteiger partial charge is 0.494 e. The smallest absolute Gasteiger partial charge is 0.119 e. The maximum Gasteiger partial charge on any atom is 0.119 e. The fraction of sp³-hybridized carbons (Fsp3) is 0.294. The zero-order valence-electron chi connectivity index (χ0n) is 11.9. The predicted octanol–water partition coefficient (Wildman–Crippen LogP) is 4.43. The minimum absolute atomic E-state index is 0.0575. The van der Waals surface area contributed by atoms with Gasteiger partial charge in [-0.05, 0) is 48.7 Å². The van der Waals surface area contributed by atoms with E-state index in [9.17, 15) is 0 Å². The van der Waals surface area contributed by atoms with Crippen LogP contribution in [-0.4, -0.2) is 6.61 Å². The number of halogens is 1. The van der Waals surface area contributed by atoms with Crippen LogP contribution in [-0.2, 0) is 0 Å². The van der Waals surface area contributed by atoms with Gasteiger partial charge in [-0.2, -0.15) is 0 Å². The Balaban J connectivity index is 1.88. The molecular weight excluding hydrogens is 270 g/mol. The van der Waals surface area contributed by atoms with E-state index in [2.05, 4.69) is 0 Å². The fourth-order valence-electron chi connectivity index (χ4n) is 2.02. The molecule has 1 unspecified atom stereocenters. The molecule has 20 heavy (non-hydrogen) atoms. The van der Waals surface area contributed by atoms with Crippen molar-refractivity contribution < 1.29 is 4.74 Å². The van der Waals surface area contributed by atoms with Gasteiger partial charge < -0.3 is 10.5 Å². The van der Waals surface area contributed by atoms with Crippen LogP contribution in [0.2, 0.25) is 5.02 Å². The fourth-order valence-corrected chi connectivity index (χ4v) is 2.20. The Hall–Kier alpha value is -1.51. The molecule has 2 N–H and O–H groups in total. The molecule has 0 spiro atoms. The van der Waals surface area contributed by atoms with Crippen LogP contribution in [0, 0.1) is 13.8 Å². The average molecular weight is 290 g/mol. The summed E-state index contributed by atoms with van der Waals surface area (Å²) in [4.78, 5) is 0. The highest BCUT2D eigenvalue weighted by molar-refractivity contribution is 6.31. The van der Waals surface area contributed by atoms with Crippen molar-refractivity contribution in [2.45, 2.75) is 26.3 Å². The van der Waals surface area contributed by atoms with Gasteiger partial charge in [-0.3, -0.25) is 0 Å². The van der Waals surface area contributed by atoms with Gasteiger partial charge in [-0.15, -0.1) is 0 Å². The van der Waals surface area contributed by atoms with Crippen LogP contribution in [0.1, 0.15) is 29.2 Å². The lowest BCUT2D eigenvalue weighted by Crippen LogP contribution is -2.14. The number of nitrogens with two attached hydrogens (primary N) is 1. The molecular formula is C17H20ClNO. The number of benzene rings is 2. The van der Waals surface area contributed by atoms with E-state index in [1.165, 1.54) is 5.56 Å². The van der Waals surface area contributed by atoms with Crippen molar-refractivity contribution in [3.63, 3.8) is 0 Å². The lowest BCUT2D eigenvalue weighted by atomic mass is 10.0. The Morgan fingerprint density at radius 1 is 1.15 bits per heavy atom. The second-order valence-corrected chi connectivity index (χ2v) is 5.48. The third kappa shape index (κ3) is 3.99. The Morgan fingerprint density at radius 2 is 1.95 bits per heavy atom. The first-order chi connectivity index (χ1) is 9.56. The van der Waals surface area contributed by atoms with Crippen molar-refractivity contribution in [3.05, 3.63) is 64.2 Å². The van der Waals surface area contributed by atoms with E-state index in [1.807, 2.05) is 56.3 Å². The maximum absolute atomic E-state index is 6.17. The summed E-state index contributed by atoms with van der Waals surface area (Å²) in [6.45, 7) is 4.63. The van der Waals surface area contributed by atoms with Crippen molar-refractivity contribution in [1.29, 1.82) is 0 Å². The van der Waals surface area contributed by atoms with E-state index in [1.54, 1.807) is 0 Å². The van der Waals surface area contributed by atoms with Gasteiger partial charge in [0.15, 0.2) is 0 Å². The molecule has 0 aliphatic heterocycles. The van der Waals surface area contributed by atoms with Crippen molar-refractivity contribution in [2.24, 2.45) is 5.73 Å². The van der Waals surface area contributed by atoms with Crippen LogP contribution in [0.5, 0.6) is 5.75 Å². The molecule has 0 radical (unpaired) electrons. The molecule has 0 aliphatic carbocycles. The molecule has 0 amide bonds. The molecule has 0 saturated heterocycles. The molecule has 106 valence electrons. The van der Waals surface area contributed by atoms with E-state index < -0.39 is 0 Å². The summed E-state index contributed by atoms with van der Waals surface area (Å²) in [5, 5.41) is 0.762. The highest BCUT2D eigenvalue weighted by Gasteiger charge is 2.08. The summed E-state index contributed by atoms with van der Waals surface area (Å²) in [6.07, 6.45) is 0.757.